The number of H-pyrrole nitrogens is 1. The van der Waals surface area contributed by atoms with Gasteiger partial charge < -0.3 is 19.6 Å². The van der Waals surface area contributed by atoms with Crippen molar-refractivity contribution in [3.8, 4) is 17.1 Å². The van der Waals surface area contributed by atoms with Crippen molar-refractivity contribution in [1.82, 2.24) is 15.1 Å². The van der Waals surface area contributed by atoms with Gasteiger partial charge in [-0.05, 0) is 24.3 Å². The van der Waals surface area contributed by atoms with E-state index in [1.165, 1.54) is 0 Å². The normalized spacial score (nSPS) is 11.0. The molecule has 0 aliphatic heterocycles. The Bertz CT molecular complexity index is 1020. The molecule has 0 atom stereocenters. The van der Waals surface area contributed by atoms with Crippen LogP contribution in [-0.2, 0) is 6.54 Å². The number of anilines is 1. The summed E-state index contributed by atoms with van der Waals surface area (Å²) in [6.45, 7) is 0.475. The van der Waals surface area contributed by atoms with Crippen molar-refractivity contribution in [1.29, 1.82) is 0 Å². The number of rotatable bonds is 5. The first-order chi connectivity index (χ1) is 12.2. The van der Waals surface area contributed by atoms with Gasteiger partial charge >= 0.3 is 0 Å². The summed E-state index contributed by atoms with van der Waals surface area (Å²) in [5.74, 6) is 2.12. The molecule has 0 saturated carbocycles. The number of halogens is 1. The highest BCUT2D eigenvalue weighted by Gasteiger charge is 2.09. The number of pyridine rings is 1. The van der Waals surface area contributed by atoms with Gasteiger partial charge in [-0.25, -0.2) is 4.98 Å². The monoisotopic (exact) mass is 354 g/mol. The zero-order valence-corrected chi connectivity index (χ0v) is 14.2. The molecule has 4 rings (SSSR count). The van der Waals surface area contributed by atoms with Gasteiger partial charge in [0.15, 0.2) is 5.76 Å². The van der Waals surface area contributed by atoms with Crippen molar-refractivity contribution in [3.63, 3.8) is 0 Å². The van der Waals surface area contributed by atoms with Crippen molar-refractivity contribution in [3.05, 3.63) is 59.4 Å². The molecule has 0 radical (unpaired) electrons. The van der Waals surface area contributed by atoms with Crippen LogP contribution >= 0.6 is 11.6 Å². The minimum atomic E-state index is 0.475. The quantitative estimate of drug-likeness (QED) is 0.552. The van der Waals surface area contributed by atoms with E-state index in [0.29, 0.717) is 23.1 Å². The highest BCUT2D eigenvalue weighted by molar-refractivity contribution is 6.35. The lowest BCUT2D eigenvalue weighted by Gasteiger charge is -2.04. The van der Waals surface area contributed by atoms with Gasteiger partial charge in [-0.2, -0.15) is 0 Å². The third kappa shape index (κ3) is 3.16. The Labute approximate surface area is 148 Å². The second-order valence-electron chi connectivity index (χ2n) is 5.50. The zero-order valence-electron chi connectivity index (χ0n) is 13.4. The first-order valence-corrected chi connectivity index (χ1v) is 8.08. The van der Waals surface area contributed by atoms with Crippen LogP contribution in [0.1, 0.15) is 5.69 Å². The molecule has 0 saturated heterocycles. The molecule has 0 spiro atoms. The lowest BCUT2D eigenvalue weighted by Crippen LogP contribution is -2.01. The van der Waals surface area contributed by atoms with Gasteiger partial charge in [0.05, 0.1) is 18.7 Å². The van der Waals surface area contributed by atoms with Crippen LogP contribution in [0.2, 0.25) is 5.02 Å². The van der Waals surface area contributed by atoms with Crippen LogP contribution in [-0.4, -0.2) is 22.2 Å². The molecule has 0 aliphatic rings. The summed E-state index contributed by atoms with van der Waals surface area (Å²) in [6.07, 6.45) is 1.81. The molecule has 3 aromatic heterocycles. The molecule has 4 aromatic rings. The summed E-state index contributed by atoms with van der Waals surface area (Å²) in [5.41, 5.74) is 2.42. The summed E-state index contributed by atoms with van der Waals surface area (Å²) < 4.78 is 10.7. The number of aromatic amines is 1. The van der Waals surface area contributed by atoms with Crippen LogP contribution in [0.4, 0.5) is 5.82 Å². The van der Waals surface area contributed by atoms with Crippen LogP contribution in [0, 0.1) is 0 Å². The molecule has 7 heteroatoms. The molecule has 2 N–H and O–H groups in total. The molecule has 0 amide bonds. The van der Waals surface area contributed by atoms with Gasteiger partial charge in [0, 0.05) is 23.2 Å². The third-order valence-electron chi connectivity index (χ3n) is 3.84. The van der Waals surface area contributed by atoms with Gasteiger partial charge in [0.25, 0.3) is 0 Å². The molecule has 0 bridgehead atoms. The van der Waals surface area contributed by atoms with E-state index in [2.05, 4.69) is 20.4 Å². The second kappa shape index (κ2) is 6.49. The average Bonchev–Trinajstić information content (AvgIpc) is 3.29. The van der Waals surface area contributed by atoms with E-state index in [9.17, 15) is 0 Å². The third-order valence-corrected chi connectivity index (χ3v) is 4.15. The Kier molecular flexibility index (Phi) is 4.03. The summed E-state index contributed by atoms with van der Waals surface area (Å²) in [4.78, 5) is 7.53. The van der Waals surface area contributed by atoms with Gasteiger partial charge in [-0.1, -0.05) is 28.9 Å². The maximum atomic E-state index is 6.25. The molecule has 25 heavy (non-hydrogen) atoms. The van der Waals surface area contributed by atoms with Crippen molar-refractivity contribution in [2.75, 3.05) is 12.4 Å². The smallest absolute Gasteiger partial charge is 0.167 e. The molecule has 0 fully saturated rings. The van der Waals surface area contributed by atoms with E-state index >= 15 is 0 Å². The lowest BCUT2D eigenvalue weighted by atomic mass is 10.1. The summed E-state index contributed by atoms with van der Waals surface area (Å²) in [5, 5.41) is 8.84. The van der Waals surface area contributed by atoms with E-state index in [1.807, 2.05) is 42.6 Å². The highest BCUT2D eigenvalue weighted by atomic mass is 35.5. The number of hydrogen-bond donors (Lipinski definition) is 2. The van der Waals surface area contributed by atoms with E-state index < -0.39 is 0 Å². The Morgan fingerprint density at radius 3 is 3.04 bits per heavy atom. The molecular formula is C18H15ClN4O2. The first-order valence-electron chi connectivity index (χ1n) is 7.70. The van der Waals surface area contributed by atoms with Crippen molar-refractivity contribution in [2.45, 2.75) is 6.54 Å². The highest BCUT2D eigenvalue weighted by Crippen LogP contribution is 2.26. The summed E-state index contributed by atoms with van der Waals surface area (Å²) in [7, 11) is 1.63. The molecular weight excluding hydrogens is 340 g/mol. The molecule has 126 valence electrons. The fraction of sp³-hybridized carbons (Fsp3) is 0.111. The summed E-state index contributed by atoms with van der Waals surface area (Å²) in [6, 6.07) is 13.2. The number of hydrogen-bond acceptors (Lipinski definition) is 5. The number of nitrogens with one attached hydrogen (secondary N) is 2. The fourth-order valence-electron chi connectivity index (χ4n) is 2.58. The number of ether oxygens (including phenoxy) is 1. The Balaban J connectivity index is 1.50. The number of aromatic nitrogens is 3. The maximum absolute atomic E-state index is 6.25. The predicted molar refractivity (Wildman–Crippen MR) is 96.9 cm³/mol. The van der Waals surface area contributed by atoms with E-state index in [-0.39, 0.29) is 0 Å². The van der Waals surface area contributed by atoms with Gasteiger partial charge in [0.1, 0.15) is 22.9 Å². The van der Waals surface area contributed by atoms with Gasteiger partial charge in [-0.3, -0.25) is 0 Å². The van der Waals surface area contributed by atoms with Crippen LogP contribution < -0.4 is 10.1 Å². The van der Waals surface area contributed by atoms with Crippen LogP contribution in [0.15, 0.2) is 53.2 Å². The SMILES string of the molecule is COc1cccc(-c2cc(CNc3cc(Cl)c4cc[nH]c4n3)no2)c1. The second-order valence-corrected chi connectivity index (χ2v) is 5.90. The van der Waals surface area contributed by atoms with E-state index in [1.54, 1.807) is 13.2 Å². The van der Waals surface area contributed by atoms with E-state index in [4.69, 9.17) is 20.9 Å². The first kappa shape index (κ1) is 15.5. The largest absolute Gasteiger partial charge is 0.497 e. The minimum absolute atomic E-state index is 0.475. The number of methoxy groups -OCH3 is 1. The summed E-state index contributed by atoms with van der Waals surface area (Å²) >= 11 is 6.25. The lowest BCUT2D eigenvalue weighted by molar-refractivity contribution is 0.412. The molecule has 6 nitrogen and oxygen atoms in total. The van der Waals surface area contributed by atoms with Crippen molar-refractivity contribution >= 4 is 28.5 Å². The van der Waals surface area contributed by atoms with Gasteiger partial charge in [-0.15, -0.1) is 0 Å². The van der Waals surface area contributed by atoms with Crippen LogP contribution in [0.25, 0.3) is 22.4 Å². The van der Waals surface area contributed by atoms with E-state index in [0.717, 1.165) is 28.0 Å². The van der Waals surface area contributed by atoms with Crippen LogP contribution in [0.3, 0.4) is 0 Å². The molecule has 1 aromatic carbocycles. The predicted octanol–water partition coefficient (Wildman–Crippen LogP) is 4.49. The minimum Gasteiger partial charge on any atom is -0.497 e. The Morgan fingerprint density at radius 1 is 1.24 bits per heavy atom. The maximum Gasteiger partial charge on any atom is 0.167 e. The Morgan fingerprint density at radius 2 is 2.16 bits per heavy atom. The van der Waals surface area contributed by atoms with Crippen molar-refractivity contribution < 1.29 is 9.26 Å². The molecule has 0 aliphatic carbocycles. The molecule has 0 unspecified atom stereocenters. The van der Waals surface area contributed by atoms with Crippen molar-refractivity contribution in [2.24, 2.45) is 0 Å². The van der Waals surface area contributed by atoms with Gasteiger partial charge in [0.2, 0.25) is 0 Å². The topological polar surface area (TPSA) is 76.0 Å². The fourth-order valence-corrected chi connectivity index (χ4v) is 2.83. The Hall–Kier alpha value is -2.99. The number of fused-ring (bicyclic) bond motifs is 1. The number of nitrogens with zero attached hydrogens (tertiary/aromatic N) is 2. The van der Waals surface area contributed by atoms with Crippen LogP contribution in [0.5, 0.6) is 5.75 Å². The number of benzene rings is 1. The standard InChI is InChI=1S/C18H15ClN4O2/c1-24-13-4-2-3-11(7-13)16-8-12(23-25-16)10-21-17-9-15(19)14-5-6-20-18(14)22-17/h2-9H,10H2,1H3,(H2,20,21,22). The zero-order chi connectivity index (χ0) is 17.2. The molecule has 3 heterocycles. The average molecular weight is 355 g/mol.